The van der Waals surface area contributed by atoms with Gasteiger partial charge in [0.2, 0.25) is 5.76 Å². The van der Waals surface area contributed by atoms with E-state index in [4.69, 9.17) is 13.9 Å². The molecule has 140 valence electrons. The van der Waals surface area contributed by atoms with E-state index in [-0.39, 0.29) is 5.76 Å². The number of methoxy groups -OCH3 is 1. The lowest BCUT2D eigenvalue weighted by atomic mass is 10.1. The fourth-order valence-corrected chi connectivity index (χ4v) is 2.76. The maximum Gasteiger partial charge on any atom is 0.375 e. The number of fused-ring (bicyclic) bond motifs is 1. The number of ether oxygens (including phenoxy) is 2. The Balaban J connectivity index is 1.73. The molecule has 27 heavy (non-hydrogen) atoms. The highest BCUT2D eigenvalue weighted by atomic mass is 16.6. The number of furan rings is 1. The number of anilines is 1. The highest BCUT2D eigenvalue weighted by molar-refractivity contribution is 5.99. The van der Waals surface area contributed by atoms with Gasteiger partial charge in [0.25, 0.3) is 5.91 Å². The summed E-state index contributed by atoms with van der Waals surface area (Å²) in [7, 11) is 1.57. The van der Waals surface area contributed by atoms with Crippen LogP contribution in [0.25, 0.3) is 11.0 Å². The molecule has 1 amide bonds. The second-order valence-corrected chi connectivity index (χ2v) is 6.32. The van der Waals surface area contributed by atoms with Crippen molar-refractivity contribution in [2.45, 2.75) is 26.9 Å². The molecule has 0 unspecified atom stereocenters. The SMILES string of the molecule is COc1ccc2oc(C(=O)O[C@@H](C)C(=O)Nc3cccc(C)c3)c(C)c2c1. The zero-order valence-corrected chi connectivity index (χ0v) is 15.7. The molecule has 3 aromatic rings. The lowest BCUT2D eigenvalue weighted by Crippen LogP contribution is -2.30. The number of aryl methyl sites for hydroxylation is 2. The predicted octanol–water partition coefficient (Wildman–Crippen LogP) is 4.24. The molecule has 3 rings (SSSR count). The third-order valence-electron chi connectivity index (χ3n) is 4.27. The van der Waals surface area contributed by atoms with Gasteiger partial charge in [-0.05, 0) is 56.7 Å². The molecular weight excluding hydrogens is 346 g/mol. The normalized spacial score (nSPS) is 11.9. The number of carbonyl (C=O) groups excluding carboxylic acids is 2. The summed E-state index contributed by atoms with van der Waals surface area (Å²) in [6.07, 6.45) is -0.972. The molecule has 0 saturated carbocycles. The fraction of sp³-hybridized carbons (Fsp3) is 0.238. The Morgan fingerprint density at radius 3 is 2.59 bits per heavy atom. The molecule has 1 heterocycles. The van der Waals surface area contributed by atoms with Crippen molar-refractivity contribution in [3.63, 3.8) is 0 Å². The summed E-state index contributed by atoms with van der Waals surface area (Å²) in [5, 5.41) is 3.49. The standard InChI is InChI=1S/C21H21NO5/c1-12-6-5-7-15(10-12)22-20(23)14(3)26-21(24)19-13(2)17-11-16(25-4)8-9-18(17)27-19/h5-11,14H,1-4H3,(H,22,23)/t14-/m0/s1. The Morgan fingerprint density at radius 2 is 1.89 bits per heavy atom. The molecule has 0 bridgehead atoms. The van der Waals surface area contributed by atoms with E-state index in [1.54, 1.807) is 38.3 Å². The van der Waals surface area contributed by atoms with Crippen molar-refractivity contribution in [3.05, 3.63) is 59.4 Å². The quantitative estimate of drug-likeness (QED) is 0.683. The van der Waals surface area contributed by atoms with Crippen LogP contribution in [0.5, 0.6) is 5.75 Å². The van der Waals surface area contributed by atoms with Crippen LogP contribution in [-0.2, 0) is 9.53 Å². The summed E-state index contributed by atoms with van der Waals surface area (Å²) in [4.78, 5) is 24.8. The van der Waals surface area contributed by atoms with E-state index < -0.39 is 18.0 Å². The van der Waals surface area contributed by atoms with Gasteiger partial charge in [-0.15, -0.1) is 0 Å². The molecule has 1 atom stereocenters. The monoisotopic (exact) mass is 367 g/mol. The lowest BCUT2D eigenvalue weighted by molar-refractivity contribution is -0.123. The summed E-state index contributed by atoms with van der Waals surface area (Å²) in [5.74, 6) is -0.357. The van der Waals surface area contributed by atoms with E-state index in [1.807, 2.05) is 25.1 Å². The Kier molecular flexibility index (Phi) is 5.16. The third kappa shape index (κ3) is 3.95. The number of carbonyl (C=O) groups is 2. The van der Waals surface area contributed by atoms with Crippen LogP contribution in [0.2, 0.25) is 0 Å². The minimum absolute atomic E-state index is 0.0773. The predicted molar refractivity (Wildman–Crippen MR) is 102 cm³/mol. The third-order valence-corrected chi connectivity index (χ3v) is 4.27. The van der Waals surface area contributed by atoms with Gasteiger partial charge >= 0.3 is 5.97 Å². The smallest absolute Gasteiger partial charge is 0.375 e. The molecule has 0 radical (unpaired) electrons. The molecule has 6 nitrogen and oxygen atoms in total. The van der Waals surface area contributed by atoms with Crippen LogP contribution in [0, 0.1) is 13.8 Å². The fourth-order valence-electron chi connectivity index (χ4n) is 2.76. The summed E-state index contributed by atoms with van der Waals surface area (Å²) >= 11 is 0. The van der Waals surface area contributed by atoms with E-state index in [1.165, 1.54) is 6.92 Å². The first kappa shape index (κ1) is 18.5. The Morgan fingerprint density at radius 1 is 1.11 bits per heavy atom. The van der Waals surface area contributed by atoms with Crippen molar-refractivity contribution in [1.29, 1.82) is 0 Å². The lowest BCUT2D eigenvalue weighted by Gasteiger charge is -2.13. The second kappa shape index (κ2) is 7.53. The summed E-state index contributed by atoms with van der Waals surface area (Å²) < 4.78 is 16.1. The van der Waals surface area contributed by atoms with E-state index >= 15 is 0 Å². The number of esters is 1. The van der Waals surface area contributed by atoms with Gasteiger partial charge < -0.3 is 19.2 Å². The average Bonchev–Trinajstić information content (AvgIpc) is 2.98. The molecule has 2 aromatic carbocycles. The molecule has 0 spiro atoms. The maximum atomic E-state index is 12.5. The largest absolute Gasteiger partial charge is 0.497 e. The Labute approximate surface area is 157 Å². The van der Waals surface area contributed by atoms with Gasteiger partial charge in [-0.2, -0.15) is 0 Å². The maximum absolute atomic E-state index is 12.5. The summed E-state index contributed by atoms with van der Waals surface area (Å²) in [6.45, 7) is 5.21. The van der Waals surface area contributed by atoms with Crippen molar-refractivity contribution in [1.82, 2.24) is 0 Å². The van der Waals surface area contributed by atoms with Crippen molar-refractivity contribution in [3.8, 4) is 5.75 Å². The first-order valence-electron chi connectivity index (χ1n) is 8.54. The van der Waals surface area contributed by atoms with Gasteiger partial charge in [0.1, 0.15) is 11.3 Å². The zero-order chi connectivity index (χ0) is 19.6. The Hall–Kier alpha value is -3.28. The second-order valence-electron chi connectivity index (χ2n) is 6.32. The van der Waals surface area contributed by atoms with Gasteiger partial charge in [0, 0.05) is 16.6 Å². The molecule has 0 saturated heterocycles. The van der Waals surface area contributed by atoms with Crippen LogP contribution in [-0.4, -0.2) is 25.1 Å². The number of nitrogens with one attached hydrogen (secondary N) is 1. The number of amides is 1. The van der Waals surface area contributed by atoms with E-state index in [2.05, 4.69) is 5.32 Å². The minimum atomic E-state index is -0.972. The number of hydrogen-bond donors (Lipinski definition) is 1. The van der Waals surface area contributed by atoms with E-state index in [0.29, 0.717) is 22.6 Å². The van der Waals surface area contributed by atoms with Crippen LogP contribution < -0.4 is 10.1 Å². The number of hydrogen-bond acceptors (Lipinski definition) is 5. The Bertz CT molecular complexity index is 1000. The molecule has 0 fully saturated rings. The molecule has 0 aliphatic heterocycles. The van der Waals surface area contributed by atoms with E-state index in [0.717, 1.165) is 10.9 Å². The van der Waals surface area contributed by atoms with Crippen LogP contribution >= 0.6 is 0 Å². The average molecular weight is 367 g/mol. The first-order chi connectivity index (χ1) is 12.9. The highest BCUT2D eigenvalue weighted by Crippen LogP contribution is 2.29. The van der Waals surface area contributed by atoms with Crippen LogP contribution in [0.4, 0.5) is 5.69 Å². The summed E-state index contributed by atoms with van der Waals surface area (Å²) in [5.41, 5.74) is 2.86. The van der Waals surface area contributed by atoms with Crippen molar-refractivity contribution in [2.75, 3.05) is 12.4 Å². The van der Waals surface area contributed by atoms with Gasteiger partial charge in [-0.1, -0.05) is 12.1 Å². The van der Waals surface area contributed by atoms with Crippen molar-refractivity contribution < 1.29 is 23.5 Å². The van der Waals surface area contributed by atoms with Crippen LogP contribution in [0.1, 0.15) is 28.6 Å². The minimum Gasteiger partial charge on any atom is -0.497 e. The topological polar surface area (TPSA) is 77.8 Å². The van der Waals surface area contributed by atoms with Gasteiger partial charge in [0.15, 0.2) is 6.10 Å². The molecule has 0 aliphatic carbocycles. The number of benzene rings is 2. The highest BCUT2D eigenvalue weighted by Gasteiger charge is 2.24. The van der Waals surface area contributed by atoms with Crippen LogP contribution in [0.15, 0.2) is 46.9 Å². The molecule has 0 aliphatic rings. The van der Waals surface area contributed by atoms with Gasteiger partial charge in [0.05, 0.1) is 7.11 Å². The molecular formula is C21H21NO5. The number of rotatable bonds is 5. The summed E-state index contributed by atoms with van der Waals surface area (Å²) in [6, 6.07) is 12.6. The molecule has 1 N–H and O–H groups in total. The zero-order valence-electron chi connectivity index (χ0n) is 15.7. The van der Waals surface area contributed by atoms with Crippen molar-refractivity contribution in [2.24, 2.45) is 0 Å². The van der Waals surface area contributed by atoms with E-state index in [9.17, 15) is 9.59 Å². The van der Waals surface area contributed by atoms with Gasteiger partial charge in [-0.25, -0.2) is 4.79 Å². The molecule has 1 aromatic heterocycles. The van der Waals surface area contributed by atoms with Gasteiger partial charge in [-0.3, -0.25) is 4.79 Å². The first-order valence-corrected chi connectivity index (χ1v) is 8.54. The van der Waals surface area contributed by atoms with Crippen molar-refractivity contribution >= 4 is 28.5 Å². The molecule has 6 heteroatoms. The van der Waals surface area contributed by atoms with Crippen LogP contribution in [0.3, 0.4) is 0 Å².